The highest BCUT2D eigenvalue weighted by atomic mass is 32.1. The van der Waals surface area contributed by atoms with E-state index in [9.17, 15) is 0 Å². The highest BCUT2D eigenvalue weighted by Crippen LogP contribution is 2.13. The molecule has 74 valence electrons. The van der Waals surface area contributed by atoms with Gasteiger partial charge in [0.1, 0.15) is 0 Å². The quantitative estimate of drug-likeness (QED) is 0.787. The van der Waals surface area contributed by atoms with Gasteiger partial charge in [-0.1, -0.05) is 13.0 Å². The van der Waals surface area contributed by atoms with Crippen LogP contribution in [0.5, 0.6) is 0 Å². The van der Waals surface area contributed by atoms with Crippen LogP contribution in [-0.2, 0) is 11.2 Å². The Bertz CT molecular complexity index is 219. The molecular formula is C10H17NOS. The van der Waals surface area contributed by atoms with Gasteiger partial charge in [-0.05, 0) is 24.3 Å². The first-order valence-corrected chi connectivity index (χ1v) is 5.46. The van der Waals surface area contributed by atoms with Crippen LogP contribution in [0.1, 0.15) is 18.2 Å². The number of hydrogen-bond donors (Lipinski definition) is 1. The van der Waals surface area contributed by atoms with E-state index in [1.807, 2.05) is 0 Å². The van der Waals surface area contributed by atoms with Crippen molar-refractivity contribution in [3.63, 3.8) is 0 Å². The molecule has 1 heterocycles. The molecule has 1 rings (SSSR count). The topological polar surface area (TPSA) is 35.2 Å². The summed E-state index contributed by atoms with van der Waals surface area (Å²) in [6.45, 7) is 2.10. The van der Waals surface area contributed by atoms with Crippen LogP contribution in [0.25, 0.3) is 0 Å². The molecule has 0 amide bonds. The Morgan fingerprint density at radius 3 is 2.85 bits per heavy atom. The van der Waals surface area contributed by atoms with Crippen molar-refractivity contribution in [3.8, 4) is 0 Å². The molecule has 0 bridgehead atoms. The SMILES string of the molecule is CCC(OC)C(N)Cc1cccs1. The van der Waals surface area contributed by atoms with Crippen molar-refractivity contribution >= 4 is 11.3 Å². The van der Waals surface area contributed by atoms with Gasteiger partial charge in [-0.3, -0.25) is 0 Å². The van der Waals surface area contributed by atoms with Gasteiger partial charge in [0.05, 0.1) is 6.10 Å². The van der Waals surface area contributed by atoms with E-state index >= 15 is 0 Å². The minimum atomic E-state index is 0.119. The molecule has 2 atom stereocenters. The van der Waals surface area contributed by atoms with Crippen molar-refractivity contribution in [2.24, 2.45) is 5.73 Å². The van der Waals surface area contributed by atoms with Gasteiger partial charge in [-0.15, -0.1) is 11.3 Å². The smallest absolute Gasteiger partial charge is 0.0723 e. The third-order valence-electron chi connectivity index (χ3n) is 2.20. The number of hydrogen-bond acceptors (Lipinski definition) is 3. The molecule has 1 aromatic heterocycles. The van der Waals surface area contributed by atoms with E-state index in [4.69, 9.17) is 10.5 Å². The molecule has 13 heavy (non-hydrogen) atoms. The average molecular weight is 199 g/mol. The maximum absolute atomic E-state index is 6.01. The van der Waals surface area contributed by atoms with Gasteiger partial charge < -0.3 is 10.5 Å². The fraction of sp³-hybridized carbons (Fsp3) is 0.600. The Kier molecular flexibility index (Phi) is 4.42. The molecule has 0 aromatic carbocycles. The Morgan fingerprint density at radius 2 is 2.38 bits per heavy atom. The third kappa shape index (κ3) is 3.10. The molecule has 3 heteroatoms. The van der Waals surface area contributed by atoms with Crippen molar-refractivity contribution in [2.75, 3.05) is 7.11 Å². The van der Waals surface area contributed by atoms with Crippen LogP contribution in [0, 0.1) is 0 Å². The van der Waals surface area contributed by atoms with Crippen molar-refractivity contribution in [1.82, 2.24) is 0 Å². The second-order valence-electron chi connectivity index (χ2n) is 3.13. The molecule has 0 saturated heterocycles. The summed E-state index contributed by atoms with van der Waals surface area (Å²) in [5.41, 5.74) is 6.01. The second kappa shape index (κ2) is 5.37. The van der Waals surface area contributed by atoms with Crippen LogP contribution in [0.15, 0.2) is 17.5 Å². The minimum absolute atomic E-state index is 0.119. The Labute approximate surface area is 83.7 Å². The number of methoxy groups -OCH3 is 1. The summed E-state index contributed by atoms with van der Waals surface area (Å²) in [6, 6.07) is 4.29. The van der Waals surface area contributed by atoms with Gasteiger partial charge in [-0.25, -0.2) is 0 Å². The van der Waals surface area contributed by atoms with E-state index in [0.29, 0.717) is 0 Å². The van der Waals surface area contributed by atoms with Crippen LogP contribution in [0.4, 0.5) is 0 Å². The second-order valence-corrected chi connectivity index (χ2v) is 4.16. The molecule has 0 radical (unpaired) electrons. The highest BCUT2D eigenvalue weighted by Gasteiger charge is 2.15. The maximum Gasteiger partial charge on any atom is 0.0723 e. The lowest BCUT2D eigenvalue weighted by molar-refractivity contribution is 0.0775. The third-order valence-corrected chi connectivity index (χ3v) is 3.10. The van der Waals surface area contributed by atoms with Crippen molar-refractivity contribution in [2.45, 2.75) is 31.9 Å². The summed E-state index contributed by atoms with van der Waals surface area (Å²) in [6.07, 6.45) is 2.08. The maximum atomic E-state index is 6.01. The van der Waals surface area contributed by atoms with Crippen molar-refractivity contribution < 1.29 is 4.74 Å². The molecule has 2 nitrogen and oxygen atoms in total. The molecule has 0 aliphatic rings. The van der Waals surface area contributed by atoms with Crippen molar-refractivity contribution in [1.29, 1.82) is 0 Å². The number of nitrogens with two attached hydrogens (primary N) is 1. The molecule has 0 spiro atoms. The van der Waals surface area contributed by atoms with Crippen LogP contribution in [0.2, 0.25) is 0 Å². The van der Waals surface area contributed by atoms with Gasteiger partial charge in [0.15, 0.2) is 0 Å². The van der Waals surface area contributed by atoms with E-state index in [-0.39, 0.29) is 12.1 Å². The number of thiophene rings is 1. The summed E-state index contributed by atoms with van der Waals surface area (Å²) < 4.78 is 5.29. The molecule has 0 aliphatic carbocycles. The molecular weight excluding hydrogens is 182 g/mol. The van der Waals surface area contributed by atoms with Crippen LogP contribution in [-0.4, -0.2) is 19.3 Å². The normalized spacial score (nSPS) is 15.6. The lowest BCUT2D eigenvalue weighted by atomic mass is 10.1. The molecule has 2 N–H and O–H groups in total. The molecule has 1 aromatic rings. The predicted octanol–water partition coefficient (Wildman–Crippen LogP) is 2.04. The molecule has 0 fully saturated rings. The van der Waals surface area contributed by atoms with E-state index in [0.717, 1.165) is 12.8 Å². The Morgan fingerprint density at radius 1 is 1.62 bits per heavy atom. The van der Waals surface area contributed by atoms with Crippen molar-refractivity contribution in [3.05, 3.63) is 22.4 Å². The highest BCUT2D eigenvalue weighted by molar-refractivity contribution is 7.09. The van der Waals surface area contributed by atoms with Crippen LogP contribution < -0.4 is 5.73 Å². The Hall–Kier alpha value is -0.380. The first-order chi connectivity index (χ1) is 6.27. The lowest BCUT2D eigenvalue weighted by Crippen LogP contribution is -2.37. The van der Waals surface area contributed by atoms with E-state index in [1.165, 1.54) is 4.88 Å². The molecule has 2 unspecified atom stereocenters. The van der Waals surface area contributed by atoms with Gasteiger partial charge in [0, 0.05) is 18.0 Å². The zero-order valence-corrected chi connectivity index (χ0v) is 9.01. The van der Waals surface area contributed by atoms with Gasteiger partial charge in [0.2, 0.25) is 0 Å². The monoisotopic (exact) mass is 199 g/mol. The van der Waals surface area contributed by atoms with E-state index in [2.05, 4.69) is 24.4 Å². The van der Waals surface area contributed by atoms with E-state index < -0.39 is 0 Å². The molecule has 0 saturated carbocycles. The first kappa shape index (κ1) is 10.7. The number of rotatable bonds is 5. The summed E-state index contributed by atoms with van der Waals surface area (Å²) >= 11 is 1.75. The molecule has 0 aliphatic heterocycles. The predicted molar refractivity (Wildman–Crippen MR) is 57.1 cm³/mol. The summed E-state index contributed by atoms with van der Waals surface area (Å²) in [5, 5.41) is 2.08. The number of ether oxygens (including phenoxy) is 1. The van der Waals surface area contributed by atoms with Crippen LogP contribution >= 0.6 is 11.3 Å². The fourth-order valence-electron chi connectivity index (χ4n) is 1.44. The zero-order valence-electron chi connectivity index (χ0n) is 8.19. The summed E-state index contributed by atoms with van der Waals surface area (Å²) in [5.74, 6) is 0. The van der Waals surface area contributed by atoms with E-state index in [1.54, 1.807) is 18.4 Å². The van der Waals surface area contributed by atoms with Gasteiger partial charge >= 0.3 is 0 Å². The fourth-order valence-corrected chi connectivity index (χ4v) is 2.21. The minimum Gasteiger partial charge on any atom is -0.380 e. The summed E-state index contributed by atoms with van der Waals surface area (Å²) in [7, 11) is 1.72. The Balaban J connectivity index is 2.44. The standard InChI is InChI=1S/C10H17NOS/c1-3-10(12-2)9(11)7-8-5-4-6-13-8/h4-6,9-10H,3,7,11H2,1-2H3. The largest absolute Gasteiger partial charge is 0.380 e. The van der Waals surface area contributed by atoms with Gasteiger partial charge in [0.25, 0.3) is 0 Å². The zero-order chi connectivity index (χ0) is 9.68. The van der Waals surface area contributed by atoms with Gasteiger partial charge in [-0.2, -0.15) is 0 Å². The lowest BCUT2D eigenvalue weighted by Gasteiger charge is -2.20. The summed E-state index contributed by atoms with van der Waals surface area (Å²) in [4.78, 5) is 1.34. The average Bonchev–Trinajstić information content (AvgIpc) is 2.59. The van der Waals surface area contributed by atoms with Crippen LogP contribution in [0.3, 0.4) is 0 Å². The first-order valence-electron chi connectivity index (χ1n) is 4.58.